The lowest BCUT2D eigenvalue weighted by Gasteiger charge is -2.01. The summed E-state index contributed by atoms with van der Waals surface area (Å²) in [5, 5.41) is 0. The quantitative estimate of drug-likeness (QED) is 0.609. The largest absolute Gasteiger partial charge is 0.261 e. The molecule has 13 heavy (non-hydrogen) atoms. The van der Waals surface area contributed by atoms with Crippen molar-refractivity contribution < 1.29 is 0 Å². The van der Waals surface area contributed by atoms with Crippen LogP contribution in [0.1, 0.15) is 40.0 Å². The molecule has 1 saturated carbocycles. The molecule has 0 unspecified atom stereocenters. The number of hydrogen-bond donors (Lipinski definition) is 0. The fourth-order valence-electron chi connectivity index (χ4n) is 1.64. The van der Waals surface area contributed by atoms with Crippen LogP contribution in [0.3, 0.4) is 0 Å². The van der Waals surface area contributed by atoms with E-state index in [0.29, 0.717) is 5.92 Å². The molecule has 0 heterocycles. The van der Waals surface area contributed by atoms with Crippen molar-refractivity contribution in [2.24, 2.45) is 10.9 Å². The monoisotopic (exact) mass is 177 g/mol. The molecule has 0 aromatic heterocycles. The summed E-state index contributed by atoms with van der Waals surface area (Å²) in [6.07, 6.45) is 9.87. The van der Waals surface area contributed by atoms with Crippen molar-refractivity contribution in [1.29, 1.82) is 0 Å². The van der Waals surface area contributed by atoms with Gasteiger partial charge in [0.2, 0.25) is 0 Å². The van der Waals surface area contributed by atoms with Gasteiger partial charge in [-0.15, -0.1) is 0 Å². The van der Waals surface area contributed by atoms with Crippen molar-refractivity contribution in [3.63, 3.8) is 0 Å². The molecule has 1 aliphatic carbocycles. The van der Waals surface area contributed by atoms with Crippen LogP contribution in [0.25, 0.3) is 0 Å². The van der Waals surface area contributed by atoms with Crippen molar-refractivity contribution in [1.82, 2.24) is 0 Å². The maximum absolute atomic E-state index is 4.44. The Balaban J connectivity index is 2.74. The minimum Gasteiger partial charge on any atom is -0.261 e. The predicted octanol–water partition coefficient (Wildman–Crippen LogP) is 3.73. The molecule has 0 atom stereocenters. The highest BCUT2D eigenvalue weighted by molar-refractivity contribution is 6.02. The maximum atomic E-state index is 4.44. The van der Waals surface area contributed by atoms with Crippen LogP contribution < -0.4 is 0 Å². The molecule has 1 aliphatic rings. The molecule has 0 aromatic rings. The smallest absolute Gasteiger partial charge is 0.0432 e. The van der Waals surface area contributed by atoms with Gasteiger partial charge in [-0.25, -0.2) is 0 Å². The van der Waals surface area contributed by atoms with Gasteiger partial charge >= 0.3 is 0 Å². The fraction of sp³-hybridized carbons (Fsp3) is 0.583. The van der Waals surface area contributed by atoms with Gasteiger partial charge in [-0.3, -0.25) is 4.99 Å². The van der Waals surface area contributed by atoms with E-state index in [1.165, 1.54) is 24.1 Å². The second-order valence-electron chi connectivity index (χ2n) is 3.85. The number of rotatable bonds is 2. The average molecular weight is 177 g/mol. The summed E-state index contributed by atoms with van der Waals surface area (Å²) in [6, 6.07) is 0. The molecule has 0 saturated heterocycles. The molecule has 72 valence electrons. The Morgan fingerprint density at radius 2 is 2.08 bits per heavy atom. The standard InChI is InChI=1S/C12H19N/c1-4-8-13-12-7-5-6-11(12)9-10(2)3/h4,8-10H,5-7H2,1-3H3/b8-4-,11-9+,13-12-. The van der Waals surface area contributed by atoms with E-state index in [2.05, 4.69) is 24.9 Å². The Morgan fingerprint density at radius 3 is 2.69 bits per heavy atom. The average Bonchev–Trinajstić information content (AvgIpc) is 2.48. The molecule has 0 amide bonds. The van der Waals surface area contributed by atoms with Gasteiger partial charge in [-0.05, 0) is 37.7 Å². The molecule has 0 aromatic carbocycles. The molecule has 0 radical (unpaired) electrons. The number of aliphatic imine (C=N–C) groups is 1. The first-order chi connectivity index (χ1) is 6.24. The van der Waals surface area contributed by atoms with E-state index in [0.717, 1.165) is 6.42 Å². The summed E-state index contributed by atoms with van der Waals surface area (Å²) in [7, 11) is 0. The van der Waals surface area contributed by atoms with Crippen LogP contribution in [0.5, 0.6) is 0 Å². The fourth-order valence-corrected chi connectivity index (χ4v) is 1.64. The van der Waals surface area contributed by atoms with Crippen LogP contribution in [0, 0.1) is 5.92 Å². The van der Waals surface area contributed by atoms with E-state index in [1.807, 2.05) is 19.2 Å². The van der Waals surface area contributed by atoms with Crippen LogP contribution in [-0.4, -0.2) is 5.71 Å². The molecule has 1 fully saturated rings. The lowest BCUT2D eigenvalue weighted by Crippen LogP contribution is -1.94. The minimum atomic E-state index is 0.643. The molecule has 0 N–H and O–H groups in total. The summed E-state index contributed by atoms with van der Waals surface area (Å²) < 4.78 is 0. The maximum Gasteiger partial charge on any atom is 0.0432 e. The van der Waals surface area contributed by atoms with Gasteiger partial charge in [0.05, 0.1) is 0 Å². The van der Waals surface area contributed by atoms with E-state index in [9.17, 15) is 0 Å². The van der Waals surface area contributed by atoms with Crippen molar-refractivity contribution in [2.45, 2.75) is 40.0 Å². The molecule has 1 nitrogen and oxygen atoms in total. The van der Waals surface area contributed by atoms with Crippen LogP contribution in [0.2, 0.25) is 0 Å². The van der Waals surface area contributed by atoms with Crippen molar-refractivity contribution in [2.75, 3.05) is 0 Å². The Bertz CT molecular complexity index is 244. The highest BCUT2D eigenvalue weighted by Gasteiger charge is 2.14. The highest BCUT2D eigenvalue weighted by Crippen LogP contribution is 2.23. The van der Waals surface area contributed by atoms with Gasteiger partial charge in [0.1, 0.15) is 0 Å². The van der Waals surface area contributed by atoms with E-state index in [1.54, 1.807) is 0 Å². The number of nitrogens with zero attached hydrogens (tertiary/aromatic N) is 1. The third kappa shape index (κ3) is 3.17. The van der Waals surface area contributed by atoms with Gasteiger partial charge in [-0.1, -0.05) is 26.0 Å². The Hall–Kier alpha value is -0.850. The van der Waals surface area contributed by atoms with Crippen LogP contribution in [0.4, 0.5) is 0 Å². The summed E-state index contributed by atoms with van der Waals surface area (Å²) in [4.78, 5) is 4.44. The summed E-state index contributed by atoms with van der Waals surface area (Å²) in [5.41, 5.74) is 2.76. The third-order valence-corrected chi connectivity index (χ3v) is 2.14. The van der Waals surface area contributed by atoms with Gasteiger partial charge < -0.3 is 0 Å². The SMILES string of the molecule is C\C=C/N=C1/CCC/C1=C\C(C)C. The first kappa shape index (κ1) is 10.2. The summed E-state index contributed by atoms with van der Waals surface area (Å²) in [5.74, 6) is 0.643. The number of allylic oxidation sites excluding steroid dienone is 3. The molecular formula is C12H19N. The molecule has 0 spiro atoms. The Labute approximate surface area is 81.3 Å². The van der Waals surface area contributed by atoms with E-state index >= 15 is 0 Å². The molecule has 1 heteroatoms. The second kappa shape index (κ2) is 5.00. The minimum absolute atomic E-state index is 0.643. The molecule has 0 bridgehead atoms. The first-order valence-electron chi connectivity index (χ1n) is 5.13. The zero-order valence-corrected chi connectivity index (χ0v) is 8.88. The number of hydrogen-bond acceptors (Lipinski definition) is 1. The lowest BCUT2D eigenvalue weighted by atomic mass is 10.1. The van der Waals surface area contributed by atoms with E-state index < -0.39 is 0 Å². The normalized spacial score (nSPS) is 24.3. The Kier molecular flexibility index (Phi) is 3.94. The molecule has 0 aliphatic heterocycles. The highest BCUT2D eigenvalue weighted by atomic mass is 14.7. The topological polar surface area (TPSA) is 12.4 Å². The first-order valence-corrected chi connectivity index (χ1v) is 5.13. The summed E-state index contributed by atoms with van der Waals surface area (Å²) >= 11 is 0. The van der Waals surface area contributed by atoms with Gasteiger partial charge in [-0.2, -0.15) is 0 Å². The zero-order chi connectivity index (χ0) is 9.68. The molecular weight excluding hydrogens is 158 g/mol. The second-order valence-corrected chi connectivity index (χ2v) is 3.85. The van der Waals surface area contributed by atoms with Crippen LogP contribution in [0.15, 0.2) is 28.9 Å². The predicted molar refractivity (Wildman–Crippen MR) is 59.0 cm³/mol. The van der Waals surface area contributed by atoms with Crippen molar-refractivity contribution in [3.8, 4) is 0 Å². The van der Waals surface area contributed by atoms with Gasteiger partial charge in [0, 0.05) is 11.9 Å². The Morgan fingerprint density at radius 1 is 1.31 bits per heavy atom. The van der Waals surface area contributed by atoms with Gasteiger partial charge in [0.15, 0.2) is 0 Å². The zero-order valence-electron chi connectivity index (χ0n) is 8.88. The van der Waals surface area contributed by atoms with E-state index in [4.69, 9.17) is 0 Å². The molecule has 1 rings (SSSR count). The van der Waals surface area contributed by atoms with Crippen LogP contribution >= 0.6 is 0 Å². The summed E-state index contributed by atoms with van der Waals surface area (Å²) in [6.45, 7) is 6.45. The van der Waals surface area contributed by atoms with E-state index in [-0.39, 0.29) is 0 Å². The van der Waals surface area contributed by atoms with Crippen molar-refractivity contribution in [3.05, 3.63) is 23.9 Å². The lowest BCUT2D eigenvalue weighted by molar-refractivity contribution is 0.818. The third-order valence-electron chi connectivity index (χ3n) is 2.14. The van der Waals surface area contributed by atoms with Gasteiger partial charge in [0.25, 0.3) is 0 Å². The van der Waals surface area contributed by atoms with Crippen LogP contribution in [-0.2, 0) is 0 Å². The van der Waals surface area contributed by atoms with Crippen molar-refractivity contribution >= 4 is 5.71 Å².